The van der Waals surface area contributed by atoms with E-state index in [9.17, 15) is 0 Å². The molecule has 4 rings (SSSR count). The van der Waals surface area contributed by atoms with Crippen LogP contribution < -0.4 is 0 Å². The summed E-state index contributed by atoms with van der Waals surface area (Å²) in [6, 6.07) is 8.72. The van der Waals surface area contributed by atoms with Crippen LogP contribution in [0.5, 0.6) is 0 Å². The zero-order valence-corrected chi connectivity index (χ0v) is 13.4. The molecule has 1 atom stereocenters. The predicted molar refractivity (Wildman–Crippen MR) is 87.4 cm³/mol. The highest BCUT2D eigenvalue weighted by Crippen LogP contribution is 2.50. The van der Waals surface area contributed by atoms with Gasteiger partial charge in [-0.25, -0.2) is 0 Å². The van der Waals surface area contributed by atoms with Gasteiger partial charge in [0.25, 0.3) is 0 Å². The Hall–Kier alpha value is -1.58. The molecule has 3 nitrogen and oxygen atoms in total. The van der Waals surface area contributed by atoms with E-state index < -0.39 is 0 Å². The zero-order chi connectivity index (χ0) is 15.1. The van der Waals surface area contributed by atoms with E-state index in [2.05, 4.69) is 36.1 Å². The molecule has 0 bridgehead atoms. The molecule has 1 heterocycles. The molecule has 0 amide bonds. The predicted octanol–water partition coefficient (Wildman–Crippen LogP) is 3.54. The Kier molecular flexibility index (Phi) is 3.55. The van der Waals surface area contributed by atoms with Gasteiger partial charge >= 0.3 is 0 Å². The summed E-state index contributed by atoms with van der Waals surface area (Å²) >= 11 is 0. The van der Waals surface area contributed by atoms with Crippen LogP contribution in [0.2, 0.25) is 0 Å². The molecule has 0 saturated carbocycles. The molecule has 22 heavy (non-hydrogen) atoms. The van der Waals surface area contributed by atoms with Crippen LogP contribution >= 0.6 is 0 Å². The third-order valence-electron chi connectivity index (χ3n) is 5.19. The summed E-state index contributed by atoms with van der Waals surface area (Å²) in [6.07, 6.45) is 2.22. The van der Waals surface area contributed by atoms with Gasteiger partial charge in [0.2, 0.25) is 0 Å². The van der Waals surface area contributed by atoms with E-state index in [1.54, 1.807) is 0 Å². The molecule has 1 aromatic carbocycles. The molecule has 1 unspecified atom stereocenters. The molecule has 116 valence electrons. The summed E-state index contributed by atoms with van der Waals surface area (Å²) in [5.74, 6) is 0. The van der Waals surface area contributed by atoms with Crippen molar-refractivity contribution < 1.29 is 9.47 Å². The lowest BCUT2D eigenvalue weighted by Gasteiger charge is -2.35. The lowest BCUT2D eigenvalue weighted by molar-refractivity contribution is 0.0521. The van der Waals surface area contributed by atoms with Gasteiger partial charge < -0.3 is 14.4 Å². The van der Waals surface area contributed by atoms with E-state index in [-0.39, 0.29) is 6.10 Å². The Labute approximate surface area is 132 Å². The average molecular weight is 297 g/mol. The van der Waals surface area contributed by atoms with E-state index >= 15 is 0 Å². The Morgan fingerprint density at radius 1 is 1.14 bits per heavy atom. The standard InChI is InChI=1S/C19H23NO2/c1-13-11-17-16(12-18(13)20-7-9-22-10-8-20)14-5-3-4-6-15(14)19(17)21-2/h3-6,19H,7-12H2,1-2H3. The number of methoxy groups -OCH3 is 1. The third kappa shape index (κ3) is 2.11. The maximum absolute atomic E-state index is 5.82. The van der Waals surface area contributed by atoms with Gasteiger partial charge in [0.05, 0.1) is 13.2 Å². The number of benzene rings is 1. The molecule has 1 aromatic rings. The maximum Gasteiger partial charge on any atom is 0.105 e. The highest BCUT2D eigenvalue weighted by atomic mass is 16.5. The number of nitrogens with zero attached hydrogens (tertiary/aromatic N) is 1. The molecular formula is C19H23NO2. The van der Waals surface area contributed by atoms with Crippen molar-refractivity contribution in [1.29, 1.82) is 0 Å². The Morgan fingerprint density at radius 3 is 2.68 bits per heavy atom. The lowest BCUT2D eigenvalue weighted by atomic mass is 9.88. The number of ether oxygens (including phenoxy) is 2. The molecule has 0 radical (unpaired) electrons. The van der Waals surface area contributed by atoms with Crippen molar-refractivity contribution in [3.05, 3.63) is 52.2 Å². The molecule has 2 aliphatic carbocycles. The molecule has 0 N–H and O–H groups in total. The van der Waals surface area contributed by atoms with Crippen LogP contribution in [0.3, 0.4) is 0 Å². The van der Waals surface area contributed by atoms with E-state index in [1.807, 2.05) is 7.11 Å². The summed E-state index contributed by atoms with van der Waals surface area (Å²) in [7, 11) is 1.83. The van der Waals surface area contributed by atoms with Gasteiger partial charge in [-0.2, -0.15) is 0 Å². The fourth-order valence-electron chi connectivity index (χ4n) is 4.12. The fraction of sp³-hybridized carbons (Fsp3) is 0.474. The van der Waals surface area contributed by atoms with Gasteiger partial charge in [-0.05, 0) is 41.2 Å². The largest absolute Gasteiger partial charge is 0.378 e. The van der Waals surface area contributed by atoms with Crippen LogP contribution in [0.1, 0.15) is 37.0 Å². The molecule has 1 saturated heterocycles. The van der Waals surface area contributed by atoms with Crippen molar-refractivity contribution in [3.8, 4) is 0 Å². The normalized spacial score (nSPS) is 24.6. The van der Waals surface area contributed by atoms with E-state index in [0.29, 0.717) is 0 Å². The van der Waals surface area contributed by atoms with Crippen molar-refractivity contribution in [1.82, 2.24) is 4.90 Å². The Morgan fingerprint density at radius 2 is 1.91 bits per heavy atom. The molecule has 0 aromatic heterocycles. The van der Waals surface area contributed by atoms with Crippen LogP contribution in [0, 0.1) is 0 Å². The summed E-state index contributed by atoms with van der Waals surface area (Å²) in [4.78, 5) is 2.52. The van der Waals surface area contributed by atoms with Crippen molar-refractivity contribution in [2.45, 2.75) is 25.9 Å². The van der Waals surface area contributed by atoms with Gasteiger partial charge in [-0.15, -0.1) is 0 Å². The summed E-state index contributed by atoms with van der Waals surface area (Å²) < 4.78 is 11.3. The summed E-state index contributed by atoms with van der Waals surface area (Å²) in [5, 5.41) is 0. The molecular weight excluding hydrogens is 274 g/mol. The van der Waals surface area contributed by atoms with Crippen molar-refractivity contribution >= 4 is 5.57 Å². The minimum atomic E-state index is 0.146. The first-order valence-electron chi connectivity index (χ1n) is 8.15. The highest BCUT2D eigenvalue weighted by molar-refractivity contribution is 5.80. The number of hydrogen-bond donors (Lipinski definition) is 0. The quantitative estimate of drug-likeness (QED) is 0.833. The molecule has 3 heteroatoms. The van der Waals surface area contributed by atoms with Gasteiger partial charge in [-0.3, -0.25) is 0 Å². The molecule has 1 fully saturated rings. The van der Waals surface area contributed by atoms with E-state index in [0.717, 1.165) is 39.1 Å². The second-order valence-electron chi connectivity index (χ2n) is 6.39. The first-order chi connectivity index (χ1) is 10.8. The number of hydrogen-bond acceptors (Lipinski definition) is 3. The topological polar surface area (TPSA) is 21.7 Å². The summed E-state index contributed by atoms with van der Waals surface area (Å²) in [6.45, 7) is 6.01. The molecule has 3 aliphatic rings. The van der Waals surface area contributed by atoms with Crippen LogP contribution in [-0.4, -0.2) is 38.3 Å². The Bertz CT molecular complexity index is 653. The van der Waals surface area contributed by atoms with Gasteiger partial charge in [0.1, 0.15) is 6.10 Å². The fourth-order valence-corrected chi connectivity index (χ4v) is 4.12. The zero-order valence-electron chi connectivity index (χ0n) is 13.4. The summed E-state index contributed by atoms with van der Waals surface area (Å²) in [5.41, 5.74) is 8.70. The molecule has 1 aliphatic heterocycles. The second-order valence-corrected chi connectivity index (χ2v) is 6.39. The maximum atomic E-state index is 5.82. The van der Waals surface area contributed by atoms with Crippen LogP contribution in [-0.2, 0) is 9.47 Å². The highest BCUT2D eigenvalue weighted by Gasteiger charge is 2.35. The minimum Gasteiger partial charge on any atom is -0.378 e. The third-order valence-corrected chi connectivity index (χ3v) is 5.19. The number of morpholine rings is 1. The number of rotatable bonds is 2. The van der Waals surface area contributed by atoms with Crippen molar-refractivity contribution in [2.75, 3.05) is 33.4 Å². The molecule has 0 spiro atoms. The van der Waals surface area contributed by atoms with Crippen molar-refractivity contribution in [2.24, 2.45) is 0 Å². The first kappa shape index (κ1) is 14.0. The number of allylic oxidation sites excluding steroid dienone is 2. The second kappa shape index (κ2) is 5.56. The number of fused-ring (bicyclic) bond motifs is 2. The smallest absolute Gasteiger partial charge is 0.105 e. The van der Waals surface area contributed by atoms with Crippen LogP contribution in [0.25, 0.3) is 5.57 Å². The Balaban J connectivity index is 1.69. The van der Waals surface area contributed by atoms with Gasteiger partial charge in [0, 0.05) is 32.3 Å². The lowest BCUT2D eigenvalue weighted by Crippen LogP contribution is -2.36. The SMILES string of the molecule is COC1C2=C(CC(N3CCOCC3)=C(C)C2)c2ccccc21. The average Bonchev–Trinajstić information content (AvgIpc) is 2.87. The minimum absolute atomic E-state index is 0.146. The van der Waals surface area contributed by atoms with E-state index in [4.69, 9.17) is 9.47 Å². The van der Waals surface area contributed by atoms with Crippen LogP contribution in [0.4, 0.5) is 0 Å². The van der Waals surface area contributed by atoms with Gasteiger partial charge in [0.15, 0.2) is 0 Å². The van der Waals surface area contributed by atoms with Crippen LogP contribution in [0.15, 0.2) is 41.1 Å². The van der Waals surface area contributed by atoms with Gasteiger partial charge in [-0.1, -0.05) is 24.3 Å². The monoisotopic (exact) mass is 297 g/mol. The first-order valence-corrected chi connectivity index (χ1v) is 8.15. The van der Waals surface area contributed by atoms with E-state index in [1.165, 1.54) is 33.5 Å². The van der Waals surface area contributed by atoms with Crippen molar-refractivity contribution in [3.63, 3.8) is 0 Å².